The summed E-state index contributed by atoms with van der Waals surface area (Å²) < 4.78 is 3.98. The van der Waals surface area contributed by atoms with E-state index in [-0.39, 0.29) is 34.8 Å². The minimum absolute atomic E-state index is 0.0553. The minimum Gasteiger partial charge on any atom is -0.395 e. The quantitative estimate of drug-likeness (QED) is 0.397. The maximum absolute atomic E-state index is 13.9. The van der Waals surface area contributed by atoms with Crippen LogP contribution in [0.25, 0.3) is 0 Å². The Morgan fingerprint density at radius 1 is 1.14 bits per heavy atom. The van der Waals surface area contributed by atoms with Gasteiger partial charge in [-0.1, -0.05) is 49.1 Å². The number of primary amides is 1. The van der Waals surface area contributed by atoms with Crippen molar-refractivity contribution in [3.8, 4) is 0 Å². The molecule has 0 spiro atoms. The van der Waals surface area contributed by atoms with E-state index in [1.807, 2.05) is 17.5 Å². The predicted molar refractivity (Wildman–Crippen MR) is 138 cm³/mol. The molecule has 1 fully saturated rings. The molecule has 35 heavy (non-hydrogen) atoms. The first kappa shape index (κ1) is 25.2. The van der Waals surface area contributed by atoms with Crippen molar-refractivity contribution in [1.29, 1.82) is 0 Å². The Balaban J connectivity index is 1.75. The molecule has 4 rings (SSSR count). The van der Waals surface area contributed by atoms with E-state index < -0.39 is 17.9 Å². The number of benzene rings is 1. The van der Waals surface area contributed by atoms with Crippen LogP contribution in [0.2, 0.25) is 5.02 Å². The Morgan fingerprint density at radius 2 is 1.86 bits per heavy atom. The smallest absolute Gasteiger partial charge is 0.270 e. The van der Waals surface area contributed by atoms with Gasteiger partial charge >= 0.3 is 0 Å². The van der Waals surface area contributed by atoms with E-state index in [0.29, 0.717) is 10.6 Å². The Hall–Kier alpha value is -2.95. The number of carbonyl (C=O) groups is 3. The molecule has 1 saturated carbocycles. The van der Waals surface area contributed by atoms with Gasteiger partial charge in [-0.15, -0.1) is 11.3 Å². The van der Waals surface area contributed by atoms with Gasteiger partial charge in [0.25, 0.3) is 11.8 Å². The fourth-order valence-corrected chi connectivity index (χ4v) is 5.85. The van der Waals surface area contributed by atoms with E-state index in [0.717, 1.165) is 48.5 Å². The highest BCUT2D eigenvalue weighted by molar-refractivity contribution is 7.10. The van der Waals surface area contributed by atoms with Gasteiger partial charge in [-0.3, -0.25) is 14.4 Å². The fraction of sp³-hybridized carbons (Fsp3) is 0.333. The normalized spacial score (nSPS) is 14.9. The molecule has 0 aliphatic heterocycles. The number of halogens is 1. The van der Waals surface area contributed by atoms with Gasteiger partial charge in [0.1, 0.15) is 10.9 Å². The zero-order valence-electron chi connectivity index (χ0n) is 18.9. The van der Waals surface area contributed by atoms with E-state index in [4.69, 9.17) is 23.1 Å². The molecule has 1 aromatic carbocycles. The first-order chi connectivity index (χ1) is 16.8. The monoisotopic (exact) mass is 531 g/mol. The van der Waals surface area contributed by atoms with Crippen LogP contribution in [0, 0.1) is 0 Å². The highest BCUT2D eigenvalue weighted by Crippen LogP contribution is 2.32. The van der Waals surface area contributed by atoms with Crippen LogP contribution in [-0.2, 0) is 11.3 Å². The Bertz CT molecular complexity index is 1190. The third-order valence-corrected chi connectivity index (χ3v) is 7.98. The lowest BCUT2D eigenvalue weighted by atomic mass is 9.94. The van der Waals surface area contributed by atoms with Gasteiger partial charge in [0, 0.05) is 15.9 Å². The molecule has 184 valence electrons. The summed E-state index contributed by atoms with van der Waals surface area (Å²) in [5.74, 6) is -1.59. The summed E-state index contributed by atoms with van der Waals surface area (Å²) in [5, 5.41) is 5.59. The topological polar surface area (TPSA) is 131 Å². The van der Waals surface area contributed by atoms with Gasteiger partial charge < -0.3 is 21.7 Å². The summed E-state index contributed by atoms with van der Waals surface area (Å²) in [6.07, 6.45) is 5.08. The summed E-state index contributed by atoms with van der Waals surface area (Å²) in [7, 11) is 0. The molecule has 8 nitrogen and oxygen atoms in total. The average molecular weight is 532 g/mol. The fourth-order valence-electron chi connectivity index (χ4n) is 4.26. The van der Waals surface area contributed by atoms with Crippen molar-refractivity contribution in [2.24, 2.45) is 5.73 Å². The lowest BCUT2D eigenvalue weighted by molar-refractivity contribution is -0.127. The second kappa shape index (κ2) is 11.2. The van der Waals surface area contributed by atoms with Gasteiger partial charge in [-0.2, -0.15) is 4.37 Å². The molecule has 1 aliphatic rings. The Labute approximate surface area is 216 Å². The Kier molecular flexibility index (Phi) is 8.04. The van der Waals surface area contributed by atoms with Crippen LogP contribution in [0.15, 0.2) is 41.8 Å². The van der Waals surface area contributed by atoms with Gasteiger partial charge in [0.15, 0.2) is 5.69 Å². The number of hydrogen-bond donors (Lipinski definition) is 3. The number of anilines is 1. The van der Waals surface area contributed by atoms with Crippen LogP contribution >= 0.6 is 34.5 Å². The largest absolute Gasteiger partial charge is 0.395 e. The van der Waals surface area contributed by atoms with Crippen LogP contribution in [0.3, 0.4) is 0 Å². The molecule has 0 saturated heterocycles. The third-order valence-electron chi connectivity index (χ3n) is 6.02. The van der Waals surface area contributed by atoms with Crippen LogP contribution in [-0.4, -0.2) is 33.0 Å². The number of amides is 3. The van der Waals surface area contributed by atoms with E-state index in [2.05, 4.69) is 9.69 Å². The van der Waals surface area contributed by atoms with Crippen LogP contribution in [0.4, 0.5) is 5.69 Å². The summed E-state index contributed by atoms with van der Waals surface area (Å²) in [6.45, 7) is 0.172. The average Bonchev–Trinajstić information content (AvgIpc) is 3.49. The van der Waals surface area contributed by atoms with Crippen LogP contribution in [0.5, 0.6) is 0 Å². The number of nitrogen functional groups attached to an aromatic ring is 1. The van der Waals surface area contributed by atoms with E-state index in [1.165, 1.54) is 16.2 Å². The van der Waals surface area contributed by atoms with Crippen molar-refractivity contribution in [1.82, 2.24) is 14.6 Å². The zero-order valence-corrected chi connectivity index (χ0v) is 21.3. The number of hydrogen-bond acceptors (Lipinski definition) is 7. The Morgan fingerprint density at radius 3 is 2.46 bits per heavy atom. The standard InChI is InChI=1S/C24H26ClN5O3S2/c25-15-10-8-14(9-11-15)20(23(32)28-16-5-2-1-3-6-16)30(13-17-7-4-12-34-17)24(33)21-18(26)19(22(27)31)29-35-21/h4,7-12,16,20H,1-3,5-6,13,26H2,(H2,27,31)(H,28,32)/t20-/m1/s1. The third kappa shape index (κ3) is 5.83. The highest BCUT2D eigenvalue weighted by atomic mass is 35.5. The maximum atomic E-state index is 13.9. The summed E-state index contributed by atoms with van der Waals surface area (Å²) in [5.41, 5.74) is 11.8. The molecule has 0 radical (unpaired) electrons. The van der Waals surface area contributed by atoms with Crippen molar-refractivity contribution in [3.63, 3.8) is 0 Å². The number of aromatic nitrogens is 1. The molecule has 0 bridgehead atoms. The number of nitrogens with one attached hydrogen (secondary N) is 1. The van der Waals surface area contributed by atoms with Crippen molar-refractivity contribution >= 4 is 57.9 Å². The molecular formula is C24H26ClN5O3S2. The molecule has 2 heterocycles. The second-order valence-corrected chi connectivity index (χ2v) is 10.7. The lowest BCUT2D eigenvalue weighted by Crippen LogP contribution is -2.46. The SMILES string of the molecule is NC(=O)c1nsc(C(=O)N(Cc2cccs2)[C@@H](C(=O)NC2CCCCC2)c2ccc(Cl)cc2)c1N. The number of rotatable bonds is 8. The summed E-state index contributed by atoms with van der Waals surface area (Å²) in [6, 6.07) is 9.76. The van der Waals surface area contributed by atoms with E-state index in [9.17, 15) is 14.4 Å². The molecule has 5 N–H and O–H groups in total. The van der Waals surface area contributed by atoms with E-state index in [1.54, 1.807) is 24.3 Å². The molecule has 1 aliphatic carbocycles. The van der Waals surface area contributed by atoms with Crippen LogP contribution in [0.1, 0.15) is 68.7 Å². The molecule has 3 aromatic rings. The van der Waals surface area contributed by atoms with Crippen molar-refractivity contribution < 1.29 is 14.4 Å². The summed E-state index contributed by atoms with van der Waals surface area (Å²) in [4.78, 5) is 41.7. The predicted octanol–water partition coefficient (Wildman–Crippen LogP) is 4.37. The molecular weight excluding hydrogens is 506 g/mol. The van der Waals surface area contributed by atoms with Crippen LogP contribution < -0.4 is 16.8 Å². The summed E-state index contributed by atoms with van der Waals surface area (Å²) >= 11 is 8.39. The number of nitrogens with two attached hydrogens (primary N) is 2. The van der Waals surface area contributed by atoms with Gasteiger partial charge in [-0.25, -0.2) is 0 Å². The number of nitrogens with zero attached hydrogens (tertiary/aromatic N) is 2. The lowest BCUT2D eigenvalue weighted by Gasteiger charge is -2.33. The van der Waals surface area contributed by atoms with Gasteiger partial charge in [-0.05, 0) is 53.5 Å². The molecule has 11 heteroatoms. The van der Waals surface area contributed by atoms with Gasteiger partial charge in [0.05, 0.1) is 12.2 Å². The first-order valence-corrected chi connectivity index (χ1v) is 13.3. The second-order valence-electron chi connectivity index (χ2n) is 8.45. The molecule has 3 amide bonds. The minimum atomic E-state index is -0.942. The molecule has 1 atom stereocenters. The van der Waals surface area contributed by atoms with Crippen molar-refractivity contribution in [3.05, 3.63) is 67.8 Å². The van der Waals surface area contributed by atoms with Gasteiger partial charge in [0.2, 0.25) is 5.91 Å². The molecule has 2 aromatic heterocycles. The number of thiophene rings is 1. The highest BCUT2D eigenvalue weighted by Gasteiger charge is 2.36. The van der Waals surface area contributed by atoms with E-state index >= 15 is 0 Å². The maximum Gasteiger partial charge on any atom is 0.270 e. The first-order valence-electron chi connectivity index (χ1n) is 11.3. The zero-order chi connectivity index (χ0) is 24.9. The number of carbonyl (C=O) groups excluding carboxylic acids is 3. The molecule has 0 unspecified atom stereocenters. The van der Waals surface area contributed by atoms with Crippen molar-refractivity contribution in [2.45, 2.75) is 50.7 Å². The van der Waals surface area contributed by atoms with Crippen molar-refractivity contribution in [2.75, 3.05) is 5.73 Å².